The Kier molecular flexibility index (Phi) is 15.7. The third kappa shape index (κ3) is 10.5. The Morgan fingerprint density at radius 1 is 1.12 bits per heavy atom. The van der Waals surface area contributed by atoms with Crippen LogP contribution in [0.2, 0.25) is 0 Å². The highest BCUT2D eigenvalue weighted by molar-refractivity contribution is 5.89. The maximum absolute atomic E-state index is 14.3. The average molecular weight is 803 g/mol. The van der Waals surface area contributed by atoms with Crippen LogP contribution in [0.5, 0.6) is 0 Å². The van der Waals surface area contributed by atoms with Crippen molar-refractivity contribution in [2.75, 3.05) is 34.9 Å². The van der Waals surface area contributed by atoms with Crippen molar-refractivity contribution in [2.45, 2.75) is 135 Å². The molecule has 0 aromatic carbocycles. The number of carbonyl (C=O) groups is 3. The zero-order valence-corrected chi connectivity index (χ0v) is 35.3. The maximum Gasteiger partial charge on any atom is 0.509 e. The number of rotatable bonds is 8. The predicted octanol–water partition coefficient (Wildman–Crippen LogP) is 4.31. The first-order chi connectivity index (χ1) is 26.9. The fourth-order valence-electron chi connectivity index (χ4n) is 8.55. The number of methoxy groups -OCH3 is 1. The number of nitrogens with zero attached hydrogens (tertiary/aromatic N) is 3. The van der Waals surface area contributed by atoms with E-state index in [0.29, 0.717) is 17.7 Å². The number of pyridine rings is 1. The number of hydrogen-bond donors (Lipinski definition) is 2. The summed E-state index contributed by atoms with van der Waals surface area (Å²) in [5, 5.41) is 18.7. The van der Waals surface area contributed by atoms with Gasteiger partial charge in [0, 0.05) is 48.9 Å². The number of cyclic esters (lactones) is 1. The summed E-state index contributed by atoms with van der Waals surface area (Å²) in [6.45, 7) is 14.3. The first-order valence-electron chi connectivity index (χ1n) is 19.7. The van der Waals surface area contributed by atoms with E-state index >= 15 is 0 Å². The van der Waals surface area contributed by atoms with Crippen LogP contribution >= 0.6 is 0 Å². The molecule has 3 saturated heterocycles. The lowest BCUT2D eigenvalue weighted by Crippen LogP contribution is -2.60. The summed E-state index contributed by atoms with van der Waals surface area (Å²) in [5.74, 6) is 2.22. The number of aliphatic hydroxyl groups is 1. The molecule has 16 heteroatoms. The highest BCUT2D eigenvalue weighted by Gasteiger charge is 2.59. The number of fused-ring (bicyclic) bond motifs is 1. The van der Waals surface area contributed by atoms with E-state index in [9.17, 15) is 19.5 Å². The Hall–Kier alpha value is -4.01. The van der Waals surface area contributed by atoms with Crippen molar-refractivity contribution in [2.24, 2.45) is 28.8 Å². The Morgan fingerprint density at radius 3 is 2.46 bits per heavy atom. The molecule has 1 aromatic rings. The minimum Gasteiger partial charge on any atom is -0.458 e. The first-order valence-corrected chi connectivity index (χ1v) is 19.7. The molecule has 0 aliphatic carbocycles. The summed E-state index contributed by atoms with van der Waals surface area (Å²) in [6.07, 6.45) is -3.98. The number of esters is 1. The molecule has 0 saturated carbocycles. The van der Waals surface area contributed by atoms with Crippen LogP contribution in [-0.4, -0.2) is 134 Å². The second-order valence-corrected chi connectivity index (χ2v) is 16.1. The van der Waals surface area contributed by atoms with E-state index in [2.05, 4.69) is 27.3 Å². The van der Waals surface area contributed by atoms with Crippen molar-refractivity contribution in [1.82, 2.24) is 15.2 Å². The molecule has 0 unspecified atom stereocenters. The number of likely N-dealkylation sites (N-methyl/N-ethyl adjacent to an activating group) is 1. The highest BCUT2D eigenvalue weighted by Crippen LogP contribution is 2.43. The SMILES string of the molecule is CC[C@H]1OC(=O)[C@H](C)[C@@H](OC(=O)NCC#Cc2cccnc2)[C@H](C)[C@@H](O[C@@H]2O[C@H](C)C[C@H](N(C)C)[C@H]2O)[C@](C)(OC)C[C@@H](C)/C(=N\OC)[C@H](C)[C@H]2OC(=O)O[C@@]21C. The molecule has 1 aromatic heterocycles. The largest absolute Gasteiger partial charge is 0.509 e. The fourth-order valence-corrected chi connectivity index (χ4v) is 8.55. The molecular weight excluding hydrogens is 740 g/mol. The molecule has 4 heterocycles. The van der Waals surface area contributed by atoms with Gasteiger partial charge in [-0.25, -0.2) is 9.59 Å². The quantitative estimate of drug-likeness (QED) is 0.164. The zero-order valence-electron chi connectivity index (χ0n) is 35.3. The van der Waals surface area contributed by atoms with Crippen LogP contribution in [-0.2, 0) is 42.8 Å². The van der Waals surface area contributed by atoms with Crippen LogP contribution in [0, 0.1) is 35.5 Å². The van der Waals surface area contributed by atoms with E-state index in [1.54, 1.807) is 52.2 Å². The lowest BCUT2D eigenvalue weighted by Gasteiger charge is -2.48. The van der Waals surface area contributed by atoms with Crippen molar-refractivity contribution in [3.8, 4) is 11.8 Å². The highest BCUT2D eigenvalue weighted by atomic mass is 16.8. The third-order valence-corrected chi connectivity index (χ3v) is 11.6. The normalized spacial score (nSPS) is 38.4. The van der Waals surface area contributed by atoms with Gasteiger partial charge in [0.1, 0.15) is 25.4 Å². The van der Waals surface area contributed by atoms with E-state index < -0.39 is 89.9 Å². The van der Waals surface area contributed by atoms with E-state index in [1.165, 1.54) is 14.2 Å². The summed E-state index contributed by atoms with van der Waals surface area (Å²) in [6, 6.07) is 3.25. The van der Waals surface area contributed by atoms with Gasteiger partial charge in [-0.2, -0.15) is 0 Å². The lowest BCUT2D eigenvalue weighted by molar-refractivity contribution is -0.301. The van der Waals surface area contributed by atoms with Crippen molar-refractivity contribution >= 4 is 23.9 Å². The molecule has 14 atom stereocenters. The number of oxime groups is 1. The molecule has 4 rings (SSSR count). The first kappa shape index (κ1) is 45.7. The van der Waals surface area contributed by atoms with Gasteiger partial charge >= 0.3 is 18.2 Å². The summed E-state index contributed by atoms with van der Waals surface area (Å²) in [5.41, 5.74) is -1.44. The van der Waals surface area contributed by atoms with Crippen LogP contribution in [0.1, 0.15) is 80.2 Å². The minimum absolute atomic E-state index is 0.0599. The smallest absolute Gasteiger partial charge is 0.458 e. The molecule has 1 amide bonds. The van der Waals surface area contributed by atoms with Gasteiger partial charge in [-0.05, 0) is 73.2 Å². The van der Waals surface area contributed by atoms with Crippen LogP contribution in [0.25, 0.3) is 0 Å². The Bertz CT molecular complexity index is 1620. The number of aliphatic hydroxyl groups excluding tert-OH is 1. The second kappa shape index (κ2) is 19.6. The average Bonchev–Trinajstić information content (AvgIpc) is 3.49. The third-order valence-electron chi connectivity index (χ3n) is 11.6. The molecule has 3 aliphatic heterocycles. The van der Waals surface area contributed by atoms with Gasteiger partial charge < -0.3 is 53.3 Å². The number of alkyl carbamates (subject to hydrolysis) is 1. The van der Waals surface area contributed by atoms with Crippen LogP contribution in [0.15, 0.2) is 29.7 Å². The molecule has 0 bridgehead atoms. The molecule has 0 spiro atoms. The monoisotopic (exact) mass is 802 g/mol. The van der Waals surface area contributed by atoms with Crippen molar-refractivity contribution in [3.63, 3.8) is 0 Å². The number of carbonyl (C=O) groups excluding carboxylic acids is 3. The summed E-state index contributed by atoms with van der Waals surface area (Å²) in [4.78, 5) is 52.1. The standard InChI is InChI=1S/C41H62N4O12/c1-13-30-41(8)35(56-39(49)57-41)25(4)31(44-51-12)23(2)21-40(7,50-11)34(55-37-32(46)29(45(9)10)20-24(3)52-37)26(5)33(27(6)36(47)53-30)54-38(48)43-19-15-17-28-16-14-18-42-22-28/h14,16,18,22-27,29-30,32-35,37,46H,13,19-21H2,1-12H3,(H,43,48)/b44-31+/t23-,24-,25+,26+,27-,29+,30-,32-,33+,34-,35-,37+,40-,41-/m1/s1. The van der Waals surface area contributed by atoms with E-state index in [4.69, 9.17) is 38.0 Å². The van der Waals surface area contributed by atoms with Gasteiger partial charge in [-0.1, -0.05) is 44.7 Å². The van der Waals surface area contributed by atoms with Gasteiger partial charge in [0.05, 0.1) is 36.0 Å². The van der Waals surface area contributed by atoms with E-state index in [-0.39, 0.29) is 31.5 Å². The molecule has 3 fully saturated rings. The summed E-state index contributed by atoms with van der Waals surface area (Å²) >= 11 is 0. The van der Waals surface area contributed by atoms with Crippen molar-refractivity contribution in [1.29, 1.82) is 0 Å². The number of aromatic nitrogens is 1. The Labute approximate surface area is 336 Å². The lowest BCUT2D eigenvalue weighted by atomic mass is 9.73. The number of ether oxygens (including phenoxy) is 7. The molecule has 57 heavy (non-hydrogen) atoms. The van der Waals surface area contributed by atoms with Gasteiger partial charge in [-0.15, -0.1) is 0 Å². The zero-order chi connectivity index (χ0) is 42.2. The fraction of sp³-hybridized carbons (Fsp3) is 0.732. The van der Waals surface area contributed by atoms with E-state index in [0.717, 1.165) is 0 Å². The second-order valence-electron chi connectivity index (χ2n) is 16.1. The molecule has 2 N–H and O–H groups in total. The maximum atomic E-state index is 14.3. The van der Waals surface area contributed by atoms with Crippen molar-refractivity contribution in [3.05, 3.63) is 30.1 Å². The summed E-state index contributed by atoms with van der Waals surface area (Å²) < 4.78 is 43.4. The molecule has 3 aliphatic rings. The molecule has 0 radical (unpaired) electrons. The van der Waals surface area contributed by atoms with Crippen LogP contribution in [0.3, 0.4) is 0 Å². The molecular formula is C41H62N4O12. The van der Waals surface area contributed by atoms with Gasteiger partial charge in [0.2, 0.25) is 0 Å². The van der Waals surface area contributed by atoms with E-state index in [1.807, 2.05) is 46.7 Å². The molecule has 318 valence electrons. The van der Waals surface area contributed by atoms with Crippen LogP contribution < -0.4 is 5.32 Å². The minimum atomic E-state index is -1.42. The Balaban J connectivity index is 1.83. The predicted molar refractivity (Wildman–Crippen MR) is 208 cm³/mol. The number of amides is 1. The van der Waals surface area contributed by atoms with Gasteiger partial charge in [0.25, 0.3) is 0 Å². The number of nitrogens with one attached hydrogen (secondary N) is 1. The van der Waals surface area contributed by atoms with Crippen molar-refractivity contribution < 1.29 is 57.5 Å². The topological polar surface area (TPSA) is 186 Å². The number of hydrogen-bond acceptors (Lipinski definition) is 15. The molecule has 16 nitrogen and oxygen atoms in total. The van der Waals surface area contributed by atoms with Gasteiger partial charge in [-0.3, -0.25) is 9.78 Å². The summed E-state index contributed by atoms with van der Waals surface area (Å²) in [7, 11) is 6.72. The van der Waals surface area contributed by atoms with Crippen LogP contribution in [0.4, 0.5) is 9.59 Å². The Morgan fingerprint density at radius 2 is 1.84 bits per heavy atom. The van der Waals surface area contributed by atoms with Gasteiger partial charge in [0.15, 0.2) is 18.0 Å².